The predicted octanol–water partition coefficient (Wildman–Crippen LogP) is 4.08. The molecule has 3 rings (SSSR count). The number of rotatable bonds is 4. The lowest BCUT2D eigenvalue weighted by molar-refractivity contribution is -0.134. The first-order valence-corrected chi connectivity index (χ1v) is 8.62. The van der Waals surface area contributed by atoms with Crippen LogP contribution in [-0.2, 0) is 17.8 Å². The van der Waals surface area contributed by atoms with Crippen LogP contribution in [0.5, 0.6) is 5.75 Å². The Bertz CT molecular complexity index is 736. The molecular formula is C21H25NO2. The number of carbonyl (C=O) groups excluding carboxylic acids is 1. The fourth-order valence-corrected chi connectivity index (χ4v) is 3.33. The van der Waals surface area contributed by atoms with E-state index in [1.807, 2.05) is 23.1 Å². The second kappa shape index (κ2) is 7.08. The van der Waals surface area contributed by atoms with Crippen LogP contribution in [0.15, 0.2) is 42.5 Å². The SMILES string of the molecule is Cc1cc(OCC(=O)N2CCc3ccccc3C2)ccc1C(C)C. The highest BCUT2D eigenvalue weighted by Crippen LogP contribution is 2.24. The first kappa shape index (κ1) is 16.6. The molecule has 2 aromatic rings. The van der Waals surface area contributed by atoms with Crippen LogP contribution in [0.1, 0.15) is 42.0 Å². The second-order valence-electron chi connectivity index (χ2n) is 6.80. The largest absolute Gasteiger partial charge is 0.484 e. The summed E-state index contributed by atoms with van der Waals surface area (Å²) in [7, 11) is 0. The molecule has 3 nitrogen and oxygen atoms in total. The number of ether oxygens (including phenoxy) is 1. The fraction of sp³-hybridized carbons (Fsp3) is 0.381. The van der Waals surface area contributed by atoms with E-state index in [2.05, 4.69) is 45.0 Å². The van der Waals surface area contributed by atoms with E-state index in [1.165, 1.54) is 22.3 Å². The van der Waals surface area contributed by atoms with Crippen LogP contribution in [-0.4, -0.2) is 24.0 Å². The summed E-state index contributed by atoms with van der Waals surface area (Å²) in [6.45, 7) is 8.00. The van der Waals surface area contributed by atoms with Crippen LogP contribution in [0.3, 0.4) is 0 Å². The standard InChI is InChI=1S/C21H25NO2/c1-15(2)20-9-8-19(12-16(20)3)24-14-21(23)22-11-10-17-6-4-5-7-18(17)13-22/h4-9,12,15H,10-11,13-14H2,1-3H3. The van der Waals surface area contributed by atoms with E-state index < -0.39 is 0 Å². The highest BCUT2D eigenvalue weighted by atomic mass is 16.5. The molecule has 0 unspecified atom stereocenters. The number of hydrogen-bond donors (Lipinski definition) is 0. The lowest BCUT2D eigenvalue weighted by atomic mass is 9.98. The first-order valence-electron chi connectivity index (χ1n) is 8.62. The van der Waals surface area contributed by atoms with Gasteiger partial charge in [-0.05, 0) is 53.6 Å². The number of carbonyl (C=O) groups is 1. The van der Waals surface area contributed by atoms with Crippen molar-refractivity contribution in [2.24, 2.45) is 0 Å². The molecule has 1 heterocycles. The van der Waals surface area contributed by atoms with Gasteiger partial charge in [-0.25, -0.2) is 0 Å². The van der Waals surface area contributed by atoms with Crippen LogP contribution < -0.4 is 4.74 Å². The zero-order valence-electron chi connectivity index (χ0n) is 14.7. The second-order valence-corrected chi connectivity index (χ2v) is 6.80. The maximum Gasteiger partial charge on any atom is 0.260 e. The molecule has 0 radical (unpaired) electrons. The third kappa shape index (κ3) is 3.61. The first-order chi connectivity index (χ1) is 11.5. The molecule has 1 amide bonds. The van der Waals surface area contributed by atoms with E-state index in [1.54, 1.807) is 0 Å². The minimum atomic E-state index is 0.0510. The number of nitrogens with zero attached hydrogens (tertiary/aromatic N) is 1. The van der Waals surface area contributed by atoms with Crippen LogP contribution in [0.4, 0.5) is 0 Å². The van der Waals surface area contributed by atoms with Crippen LogP contribution in [0.2, 0.25) is 0 Å². The van der Waals surface area contributed by atoms with Crippen molar-refractivity contribution in [2.75, 3.05) is 13.2 Å². The highest BCUT2D eigenvalue weighted by molar-refractivity contribution is 5.78. The lowest BCUT2D eigenvalue weighted by Crippen LogP contribution is -2.38. The molecule has 0 N–H and O–H groups in total. The van der Waals surface area contributed by atoms with Crippen molar-refractivity contribution in [1.82, 2.24) is 4.90 Å². The molecule has 0 saturated carbocycles. The Labute approximate surface area is 144 Å². The molecule has 1 aliphatic rings. The van der Waals surface area contributed by atoms with Crippen LogP contribution >= 0.6 is 0 Å². The van der Waals surface area contributed by atoms with E-state index >= 15 is 0 Å². The summed E-state index contributed by atoms with van der Waals surface area (Å²) >= 11 is 0. The number of amides is 1. The smallest absolute Gasteiger partial charge is 0.260 e. The monoisotopic (exact) mass is 323 g/mol. The normalized spacial score (nSPS) is 13.8. The van der Waals surface area contributed by atoms with Crippen molar-refractivity contribution in [3.8, 4) is 5.75 Å². The maximum atomic E-state index is 12.4. The summed E-state index contributed by atoms with van der Waals surface area (Å²) in [5, 5.41) is 0. The van der Waals surface area contributed by atoms with Gasteiger partial charge in [0.2, 0.25) is 0 Å². The Hall–Kier alpha value is -2.29. The van der Waals surface area contributed by atoms with E-state index in [0.29, 0.717) is 12.5 Å². The summed E-state index contributed by atoms with van der Waals surface area (Å²) in [5.41, 5.74) is 5.12. The quantitative estimate of drug-likeness (QED) is 0.848. The van der Waals surface area contributed by atoms with Crippen molar-refractivity contribution >= 4 is 5.91 Å². The number of aryl methyl sites for hydroxylation is 1. The lowest BCUT2D eigenvalue weighted by Gasteiger charge is -2.28. The topological polar surface area (TPSA) is 29.5 Å². The van der Waals surface area contributed by atoms with Gasteiger partial charge >= 0.3 is 0 Å². The van der Waals surface area contributed by atoms with E-state index in [9.17, 15) is 4.79 Å². The van der Waals surface area contributed by atoms with Gasteiger partial charge in [0.25, 0.3) is 5.91 Å². The van der Waals surface area contributed by atoms with Crippen LogP contribution in [0.25, 0.3) is 0 Å². The van der Waals surface area contributed by atoms with Gasteiger partial charge in [0, 0.05) is 13.1 Å². The summed E-state index contributed by atoms with van der Waals surface area (Å²) < 4.78 is 5.73. The molecule has 0 aromatic heterocycles. The third-order valence-corrected chi connectivity index (χ3v) is 4.71. The zero-order valence-corrected chi connectivity index (χ0v) is 14.7. The molecule has 1 aliphatic heterocycles. The Morgan fingerprint density at radius 3 is 2.62 bits per heavy atom. The summed E-state index contributed by atoms with van der Waals surface area (Å²) in [4.78, 5) is 14.3. The van der Waals surface area contributed by atoms with Crippen molar-refractivity contribution in [3.63, 3.8) is 0 Å². The van der Waals surface area contributed by atoms with Gasteiger partial charge in [0.15, 0.2) is 6.61 Å². The molecule has 0 spiro atoms. The van der Waals surface area contributed by atoms with Crippen molar-refractivity contribution < 1.29 is 9.53 Å². The summed E-state index contributed by atoms with van der Waals surface area (Å²) in [6.07, 6.45) is 0.921. The fourth-order valence-electron chi connectivity index (χ4n) is 3.33. The van der Waals surface area contributed by atoms with Gasteiger partial charge in [-0.15, -0.1) is 0 Å². The minimum Gasteiger partial charge on any atom is -0.484 e. The summed E-state index contributed by atoms with van der Waals surface area (Å²) in [6, 6.07) is 14.4. The Morgan fingerprint density at radius 1 is 1.17 bits per heavy atom. The molecule has 0 fully saturated rings. The van der Waals surface area contributed by atoms with Crippen molar-refractivity contribution in [1.29, 1.82) is 0 Å². The van der Waals surface area contributed by atoms with Gasteiger partial charge in [-0.3, -0.25) is 4.79 Å². The van der Waals surface area contributed by atoms with Crippen molar-refractivity contribution in [2.45, 2.75) is 39.7 Å². The van der Waals surface area contributed by atoms with E-state index in [-0.39, 0.29) is 12.5 Å². The van der Waals surface area contributed by atoms with Crippen LogP contribution in [0, 0.1) is 6.92 Å². The Morgan fingerprint density at radius 2 is 1.92 bits per heavy atom. The van der Waals surface area contributed by atoms with Gasteiger partial charge in [0.05, 0.1) is 0 Å². The molecule has 3 heteroatoms. The molecular weight excluding hydrogens is 298 g/mol. The Kier molecular flexibility index (Phi) is 4.89. The zero-order chi connectivity index (χ0) is 17.1. The molecule has 0 atom stereocenters. The molecule has 2 aromatic carbocycles. The van der Waals surface area contributed by atoms with Gasteiger partial charge in [-0.2, -0.15) is 0 Å². The molecule has 0 saturated heterocycles. The van der Waals surface area contributed by atoms with Crippen molar-refractivity contribution in [3.05, 3.63) is 64.7 Å². The number of hydrogen-bond acceptors (Lipinski definition) is 2. The third-order valence-electron chi connectivity index (χ3n) is 4.71. The van der Waals surface area contributed by atoms with Gasteiger partial charge < -0.3 is 9.64 Å². The number of benzene rings is 2. The van der Waals surface area contributed by atoms with E-state index in [4.69, 9.17) is 4.74 Å². The maximum absolute atomic E-state index is 12.4. The molecule has 24 heavy (non-hydrogen) atoms. The van der Waals surface area contributed by atoms with Gasteiger partial charge in [-0.1, -0.05) is 44.2 Å². The number of fused-ring (bicyclic) bond motifs is 1. The predicted molar refractivity (Wildman–Crippen MR) is 96.3 cm³/mol. The average molecular weight is 323 g/mol. The average Bonchev–Trinajstić information content (AvgIpc) is 2.59. The van der Waals surface area contributed by atoms with E-state index in [0.717, 1.165) is 18.7 Å². The molecule has 126 valence electrons. The highest BCUT2D eigenvalue weighted by Gasteiger charge is 2.20. The Balaban J connectivity index is 1.59. The molecule has 0 aliphatic carbocycles. The molecule has 0 bridgehead atoms. The summed E-state index contributed by atoms with van der Waals surface area (Å²) in [5.74, 6) is 1.31. The van der Waals surface area contributed by atoms with Gasteiger partial charge in [0.1, 0.15) is 5.75 Å². The minimum absolute atomic E-state index is 0.0510.